The molecule has 0 amide bonds. The fraction of sp³-hybridized carbons (Fsp3) is 1.00. The van der Waals surface area contributed by atoms with Crippen molar-refractivity contribution >= 4 is 0 Å². The van der Waals surface area contributed by atoms with E-state index in [1.807, 2.05) is 0 Å². The lowest BCUT2D eigenvalue weighted by atomic mass is 9.85. The van der Waals surface area contributed by atoms with Crippen LogP contribution in [0.2, 0.25) is 0 Å². The van der Waals surface area contributed by atoms with E-state index in [2.05, 4.69) is 18.7 Å². The molecular weight excluding hydrogens is 222 g/mol. The quantitative estimate of drug-likeness (QED) is 0.677. The van der Waals surface area contributed by atoms with Crippen LogP contribution in [0.4, 0.5) is 0 Å². The molecule has 18 heavy (non-hydrogen) atoms. The van der Waals surface area contributed by atoms with E-state index < -0.39 is 0 Å². The molecule has 1 fully saturated rings. The van der Waals surface area contributed by atoms with Crippen molar-refractivity contribution in [2.45, 2.75) is 77.7 Å². The fourth-order valence-electron chi connectivity index (χ4n) is 2.99. The summed E-state index contributed by atoms with van der Waals surface area (Å²) in [6.07, 6.45) is 11.5. The molecule has 0 bridgehead atoms. The molecular formula is C16H33NO. The smallest absolute Gasteiger partial charge is 0.0695 e. The van der Waals surface area contributed by atoms with Crippen LogP contribution in [0.15, 0.2) is 0 Å². The molecule has 0 saturated heterocycles. The molecule has 0 heterocycles. The molecule has 0 aromatic carbocycles. The van der Waals surface area contributed by atoms with Gasteiger partial charge in [-0.2, -0.15) is 0 Å². The minimum absolute atomic E-state index is 0.0842. The van der Waals surface area contributed by atoms with E-state index in [0.717, 1.165) is 6.54 Å². The zero-order chi connectivity index (χ0) is 13.2. The second kappa shape index (κ2) is 9.80. The summed E-state index contributed by atoms with van der Waals surface area (Å²) in [7, 11) is 0. The summed E-state index contributed by atoms with van der Waals surface area (Å²) in [5.74, 6) is 0.574. The maximum atomic E-state index is 10.4. The van der Waals surface area contributed by atoms with Crippen LogP contribution in [-0.4, -0.2) is 35.7 Å². The number of hydrogen-bond acceptors (Lipinski definition) is 2. The van der Waals surface area contributed by atoms with E-state index in [0.29, 0.717) is 5.92 Å². The Labute approximate surface area is 114 Å². The van der Waals surface area contributed by atoms with Gasteiger partial charge in [0.05, 0.1) is 6.10 Å². The first kappa shape index (κ1) is 16.0. The van der Waals surface area contributed by atoms with Gasteiger partial charge in [-0.05, 0) is 44.7 Å². The average Bonchev–Trinajstić information content (AvgIpc) is 2.42. The standard InChI is InChI=1S/C16H33NO/c1-3-5-12-17(13-6-4-2)14-16(18)15-10-8-7-9-11-15/h15-16,18H,3-14H2,1-2H3. The highest BCUT2D eigenvalue weighted by atomic mass is 16.3. The molecule has 1 N–H and O–H groups in total. The van der Waals surface area contributed by atoms with Crippen molar-refractivity contribution in [3.8, 4) is 0 Å². The summed E-state index contributed by atoms with van der Waals surface area (Å²) in [6, 6.07) is 0. The normalized spacial score (nSPS) is 19.3. The summed E-state index contributed by atoms with van der Waals surface area (Å²) in [4.78, 5) is 2.49. The fourth-order valence-corrected chi connectivity index (χ4v) is 2.99. The number of rotatable bonds is 9. The van der Waals surface area contributed by atoms with E-state index in [1.165, 1.54) is 70.9 Å². The molecule has 108 valence electrons. The molecule has 2 nitrogen and oxygen atoms in total. The molecule has 0 spiro atoms. The molecule has 0 aromatic rings. The predicted octanol–water partition coefficient (Wildman–Crippen LogP) is 3.83. The van der Waals surface area contributed by atoms with E-state index >= 15 is 0 Å². The van der Waals surface area contributed by atoms with Gasteiger partial charge in [-0.15, -0.1) is 0 Å². The molecule has 1 rings (SSSR count). The molecule has 0 aliphatic heterocycles. The third-order valence-electron chi connectivity index (χ3n) is 4.30. The van der Waals surface area contributed by atoms with Gasteiger partial charge >= 0.3 is 0 Å². The lowest BCUT2D eigenvalue weighted by Crippen LogP contribution is -2.38. The van der Waals surface area contributed by atoms with Crippen molar-refractivity contribution in [3.05, 3.63) is 0 Å². The zero-order valence-electron chi connectivity index (χ0n) is 12.5. The van der Waals surface area contributed by atoms with Gasteiger partial charge in [0.2, 0.25) is 0 Å². The molecule has 1 unspecified atom stereocenters. The lowest BCUT2D eigenvalue weighted by molar-refractivity contribution is 0.0467. The van der Waals surface area contributed by atoms with Crippen molar-refractivity contribution in [1.29, 1.82) is 0 Å². The third kappa shape index (κ3) is 6.19. The monoisotopic (exact) mass is 255 g/mol. The van der Waals surface area contributed by atoms with Gasteiger partial charge in [0.25, 0.3) is 0 Å². The predicted molar refractivity (Wildman–Crippen MR) is 78.8 cm³/mol. The van der Waals surface area contributed by atoms with Crippen LogP contribution in [0.5, 0.6) is 0 Å². The highest BCUT2D eigenvalue weighted by Crippen LogP contribution is 2.26. The van der Waals surface area contributed by atoms with E-state index in [-0.39, 0.29) is 6.10 Å². The Bertz CT molecular complexity index is 182. The molecule has 0 aromatic heterocycles. The minimum atomic E-state index is -0.0842. The Kier molecular flexibility index (Phi) is 8.70. The molecule has 2 heteroatoms. The van der Waals surface area contributed by atoms with Gasteiger partial charge in [-0.1, -0.05) is 46.0 Å². The molecule has 1 atom stereocenters. The highest BCUT2D eigenvalue weighted by molar-refractivity contribution is 4.76. The van der Waals surface area contributed by atoms with Gasteiger partial charge in [0.15, 0.2) is 0 Å². The maximum absolute atomic E-state index is 10.4. The first-order valence-electron chi connectivity index (χ1n) is 8.18. The van der Waals surface area contributed by atoms with Gasteiger partial charge in [-0.25, -0.2) is 0 Å². The van der Waals surface area contributed by atoms with Crippen molar-refractivity contribution in [2.24, 2.45) is 5.92 Å². The third-order valence-corrected chi connectivity index (χ3v) is 4.30. The summed E-state index contributed by atoms with van der Waals surface area (Å²) in [5, 5.41) is 10.4. The number of aliphatic hydroxyl groups excluding tert-OH is 1. The Balaban J connectivity index is 2.31. The van der Waals surface area contributed by atoms with Gasteiger partial charge in [0.1, 0.15) is 0 Å². The number of nitrogens with zero attached hydrogens (tertiary/aromatic N) is 1. The van der Waals surface area contributed by atoms with Gasteiger partial charge in [-0.3, -0.25) is 0 Å². The Hall–Kier alpha value is -0.0800. The lowest BCUT2D eigenvalue weighted by Gasteiger charge is -2.31. The van der Waals surface area contributed by atoms with Crippen molar-refractivity contribution in [2.75, 3.05) is 19.6 Å². The highest BCUT2D eigenvalue weighted by Gasteiger charge is 2.23. The summed E-state index contributed by atoms with van der Waals surface area (Å²) < 4.78 is 0. The van der Waals surface area contributed by atoms with Gasteiger partial charge < -0.3 is 10.0 Å². The van der Waals surface area contributed by atoms with Crippen LogP contribution in [0, 0.1) is 5.92 Å². The van der Waals surface area contributed by atoms with E-state index in [4.69, 9.17) is 0 Å². The number of hydrogen-bond donors (Lipinski definition) is 1. The zero-order valence-corrected chi connectivity index (χ0v) is 12.5. The van der Waals surface area contributed by atoms with Crippen molar-refractivity contribution in [1.82, 2.24) is 4.90 Å². The number of unbranched alkanes of at least 4 members (excludes halogenated alkanes) is 2. The van der Waals surface area contributed by atoms with E-state index in [1.54, 1.807) is 0 Å². The van der Waals surface area contributed by atoms with E-state index in [9.17, 15) is 5.11 Å². The largest absolute Gasteiger partial charge is 0.392 e. The van der Waals surface area contributed by atoms with Gasteiger partial charge in [0, 0.05) is 6.54 Å². The second-order valence-corrected chi connectivity index (χ2v) is 5.97. The Morgan fingerprint density at radius 2 is 1.56 bits per heavy atom. The molecule has 1 aliphatic rings. The Morgan fingerprint density at radius 3 is 2.06 bits per heavy atom. The van der Waals surface area contributed by atoms with Crippen molar-refractivity contribution < 1.29 is 5.11 Å². The minimum Gasteiger partial charge on any atom is -0.392 e. The van der Waals surface area contributed by atoms with Crippen LogP contribution in [0.1, 0.15) is 71.6 Å². The maximum Gasteiger partial charge on any atom is 0.0695 e. The van der Waals surface area contributed by atoms with Crippen molar-refractivity contribution in [3.63, 3.8) is 0 Å². The first-order chi connectivity index (χ1) is 8.77. The van der Waals surface area contributed by atoms with Crippen LogP contribution >= 0.6 is 0 Å². The first-order valence-corrected chi connectivity index (χ1v) is 8.18. The summed E-state index contributed by atoms with van der Waals surface area (Å²) in [5.41, 5.74) is 0. The van der Waals surface area contributed by atoms with Crippen LogP contribution in [-0.2, 0) is 0 Å². The topological polar surface area (TPSA) is 23.5 Å². The Morgan fingerprint density at radius 1 is 1.00 bits per heavy atom. The SMILES string of the molecule is CCCCN(CCCC)CC(O)C1CCCCC1. The van der Waals surface area contributed by atoms with Crippen LogP contribution in [0.3, 0.4) is 0 Å². The average molecular weight is 255 g/mol. The van der Waals surface area contributed by atoms with Crippen LogP contribution in [0.25, 0.3) is 0 Å². The summed E-state index contributed by atoms with van der Waals surface area (Å²) in [6.45, 7) is 7.73. The van der Waals surface area contributed by atoms with Crippen LogP contribution < -0.4 is 0 Å². The summed E-state index contributed by atoms with van der Waals surface area (Å²) >= 11 is 0. The molecule has 1 aliphatic carbocycles. The molecule has 0 radical (unpaired) electrons. The second-order valence-electron chi connectivity index (χ2n) is 5.97. The number of aliphatic hydroxyl groups is 1. The molecule has 1 saturated carbocycles.